The Morgan fingerprint density at radius 1 is 0.771 bits per heavy atom. The minimum absolute atomic E-state index is 0.158. The average Bonchev–Trinajstić information content (AvgIpc) is 3.46. The highest BCUT2D eigenvalue weighted by Crippen LogP contribution is 2.31. The molecule has 0 aliphatic carbocycles. The first kappa shape index (κ1) is 24.1. The monoisotopic (exact) mass is 556 g/mol. The van der Waals surface area contributed by atoms with Gasteiger partial charge in [0.25, 0.3) is 0 Å². The number of carbonyl (C=O) groups excluding carboxylic acids is 2. The Morgan fingerprint density at radius 2 is 1.31 bits per heavy atom. The molecule has 0 bridgehead atoms. The summed E-state index contributed by atoms with van der Waals surface area (Å²) in [6.07, 6.45) is 0. The maximum Gasteiger partial charge on any atom is 0.234 e. The lowest BCUT2D eigenvalue weighted by Crippen LogP contribution is -2.15. The van der Waals surface area contributed by atoms with E-state index in [4.69, 9.17) is 11.6 Å². The molecule has 5 rings (SSSR count). The molecular formula is C24H17ClN4O2S4. The van der Waals surface area contributed by atoms with Crippen LogP contribution in [-0.2, 0) is 9.59 Å². The molecule has 6 nitrogen and oxygen atoms in total. The predicted octanol–water partition coefficient (Wildman–Crippen LogP) is 7.02. The van der Waals surface area contributed by atoms with Crippen LogP contribution in [0.4, 0.5) is 11.4 Å². The third-order valence-corrected chi connectivity index (χ3v) is 9.40. The van der Waals surface area contributed by atoms with Crippen molar-refractivity contribution in [3.63, 3.8) is 0 Å². The fourth-order valence-corrected chi connectivity index (χ4v) is 7.12. The van der Waals surface area contributed by atoms with Crippen LogP contribution in [0.5, 0.6) is 0 Å². The van der Waals surface area contributed by atoms with Crippen LogP contribution in [0.25, 0.3) is 20.4 Å². The Hall–Kier alpha value is -2.63. The summed E-state index contributed by atoms with van der Waals surface area (Å²) in [5, 5.41) is 6.00. The maximum absolute atomic E-state index is 12.4. The van der Waals surface area contributed by atoms with E-state index in [1.807, 2.05) is 48.5 Å². The number of hydrogen-bond acceptors (Lipinski definition) is 8. The van der Waals surface area contributed by atoms with E-state index in [1.54, 1.807) is 40.9 Å². The molecule has 35 heavy (non-hydrogen) atoms. The van der Waals surface area contributed by atoms with Crippen molar-refractivity contribution < 1.29 is 9.59 Å². The van der Waals surface area contributed by atoms with Gasteiger partial charge >= 0.3 is 0 Å². The molecule has 0 unspecified atom stereocenters. The number of hydrogen-bond donors (Lipinski definition) is 2. The first-order valence-corrected chi connectivity index (χ1v) is 14.4. The molecule has 0 radical (unpaired) electrons. The molecule has 0 saturated heterocycles. The smallest absolute Gasteiger partial charge is 0.234 e. The zero-order valence-electron chi connectivity index (χ0n) is 18.0. The fraction of sp³-hybridized carbons (Fsp3) is 0.0833. The van der Waals surface area contributed by atoms with Gasteiger partial charge in [-0.05, 0) is 42.5 Å². The zero-order valence-corrected chi connectivity index (χ0v) is 22.0. The van der Waals surface area contributed by atoms with Crippen LogP contribution in [0.3, 0.4) is 0 Å². The van der Waals surface area contributed by atoms with Crippen molar-refractivity contribution in [2.75, 3.05) is 22.1 Å². The summed E-state index contributed by atoms with van der Waals surface area (Å²) in [5.41, 5.74) is 2.91. The molecule has 2 amide bonds. The maximum atomic E-state index is 12.4. The van der Waals surface area contributed by atoms with E-state index in [0.717, 1.165) is 29.1 Å². The van der Waals surface area contributed by atoms with Crippen molar-refractivity contribution in [1.82, 2.24) is 9.97 Å². The molecule has 0 saturated carbocycles. The molecule has 176 valence electrons. The summed E-state index contributed by atoms with van der Waals surface area (Å²) < 4.78 is 3.88. The Balaban J connectivity index is 1.12. The van der Waals surface area contributed by atoms with Crippen molar-refractivity contribution in [1.29, 1.82) is 0 Å². The largest absolute Gasteiger partial charge is 0.325 e. The number of para-hydroxylation sites is 2. The number of amides is 2. The van der Waals surface area contributed by atoms with Crippen LogP contribution in [0.1, 0.15) is 0 Å². The first-order valence-electron chi connectivity index (χ1n) is 10.4. The average molecular weight is 557 g/mol. The predicted molar refractivity (Wildman–Crippen MR) is 149 cm³/mol. The summed E-state index contributed by atoms with van der Waals surface area (Å²) in [6, 6.07) is 20.8. The van der Waals surface area contributed by atoms with Crippen LogP contribution in [0.15, 0.2) is 75.4 Å². The van der Waals surface area contributed by atoms with Crippen LogP contribution >= 0.6 is 57.8 Å². The highest BCUT2D eigenvalue weighted by Gasteiger charge is 2.12. The van der Waals surface area contributed by atoms with E-state index < -0.39 is 0 Å². The van der Waals surface area contributed by atoms with Gasteiger partial charge < -0.3 is 10.6 Å². The molecule has 0 fully saturated rings. The number of nitrogens with zero attached hydrogens (tertiary/aromatic N) is 2. The molecule has 0 atom stereocenters. The molecule has 11 heteroatoms. The number of anilines is 2. The lowest BCUT2D eigenvalue weighted by Gasteiger charge is -2.10. The lowest BCUT2D eigenvalue weighted by molar-refractivity contribution is -0.114. The number of nitrogens with one attached hydrogen (secondary N) is 2. The van der Waals surface area contributed by atoms with Gasteiger partial charge in [-0.2, -0.15) is 0 Å². The van der Waals surface area contributed by atoms with Gasteiger partial charge in [-0.15, -0.1) is 22.7 Å². The number of carbonyl (C=O) groups is 2. The van der Waals surface area contributed by atoms with Gasteiger partial charge in [0.1, 0.15) is 0 Å². The topological polar surface area (TPSA) is 84.0 Å². The van der Waals surface area contributed by atoms with E-state index in [-0.39, 0.29) is 23.3 Å². The van der Waals surface area contributed by atoms with Gasteiger partial charge in [0.15, 0.2) is 8.68 Å². The van der Waals surface area contributed by atoms with Crippen molar-refractivity contribution in [3.05, 3.63) is 71.8 Å². The quantitative estimate of drug-likeness (QED) is 0.200. The normalized spacial score (nSPS) is 11.1. The molecular weight excluding hydrogens is 540 g/mol. The third-order valence-electron chi connectivity index (χ3n) is 4.73. The number of rotatable bonds is 8. The summed E-state index contributed by atoms with van der Waals surface area (Å²) in [6.45, 7) is 0. The molecule has 2 heterocycles. The number of benzene rings is 3. The number of fused-ring (bicyclic) bond motifs is 2. The summed E-state index contributed by atoms with van der Waals surface area (Å²) in [7, 11) is 0. The standard InChI is InChI=1S/C24H17ClN4O2S4/c25-15-11-14(26-21(30)12-32-23-28-17-5-1-3-7-19(17)34-23)9-10-16(15)27-22(31)13-33-24-29-18-6-2-4-8-20(18)35-24/h1-11H,12-13H2,(H,26,30)(H,27,31). The van der Waals surface area contributed by atoms with Gasteiger partial charge in [0.05, 0.1) is 42.6 Å². The molecule has 0 aliphatic rings. The summed E-state index contributed by atoms with van der Waals surface area (Å²) >= 11 is 12.3. The van der Waals surface area contributed by atoms with Crippen molar-refractivity contribution in [3.8, 4) is 0 Å². The number of thioether (sulfide) groups is 2. The van der Waals surface area contributed by atoms with E-state index in [0.29, 0.717) is 16.4 Å². The number of thiazole rings is 2. The molecule has 0 aliphatic heterocycles. The van der Waals surface area contributed by atoms with Gasteiger partial charge in [-0.25, -0.2) is 9.97 Å². The molecule has 5 aromatic rings. The Morgan fingerprint density at radius 3 is 1.86 bits per heavy atom. The second-order valence-corrected chi connectivity index (χ2v) is 12.2. The fourth-order valence-electron chi connectivity index (χ4n) is 3.16. The molecule has 2 N–H and O–H groups in total. The van der Waals surface area contributed by atoms with Gasteiger partial charge in [-0.1, -0.05) is 59.4 Å². The minimum atomic E-state index is -0.180. The van der Waals surface area contributed by atoms with E-state index in [2.05, 4.69) is 20.6 Å². The Labute approximate surface area is 222 Å². The number of halogens is 1. The van der Waals surface area contributed by atoms with Gasteiger partial charge in [0, 0.05) is 5.69 Å². The second-order valence-electron chi connectivity index (χ2n) is 7.26. The summed E-state index contributed by atoms with van der Waals surface area (Å²) in [5.74, 6) is 0.116. The molecule has 0 spiro atoms. The second kappa shape index (κ2) is 11.0. The molecule has 2 aromatic heterocycles. The molecule has 3 aromatic carbocycles. The van der Waals surface area contributed by atoms with Crippen molar-refractivity contribution in [2.24, 2.45) is 0 Å². The van der Waals surface area contributed by atoms with E-state index >= 15 is 0 Å². The van der Waals surface area contributed by atoms with E-state index in [9.17, 15) is 9.59 Å². The highest BCUT2D eigenvalue weighted by molar-refractivity contribution is 8.02. The van der Waals surface area contributed by atoms with Crippen LogP contribution in [0.2, 0.25) is 5.02 Å². The van der Waals surface area contributed by atoms with Gasteiger partial charge in [0.2, 0.25) is 11.8 Å². The first-order chi connectivity index (χ1) is 17.0. The van der Waals surface area contributed by atoms with Crippen LogP contribution < -0.4 is 10.6 Å². The van der Waals surface area contributed by atoms with Crippen LogP contribution in [-0.4, -0.2) is 33.3 Å². The Bertz CT molecular complexity index is 1470. The third kappa shape index (κ3) is 6.14. The summed E-state index contributed by atoms with van der Waals surface area (Å²) in [4.78, 5) is 33.8. The van der Waals surface area contributed by atoms with Crippen LogP contribution in [0, 0.1) is 0 Å². The van der Waals surface area contributed by atoms with Crippen molar-refractivity contribution >= 4 is 101 Å². The highest BCUT2D eigenvalue weighted by atomic mass is 35.5. The van der Waals surface area contributed by atoms with E-state index in [1.165, 1.54) is 23.5 Å². The Kier molecular flexibility index (Phi) is 7.54. The number of aromatic nitrogens is 2. The van der Waals surface area contributed by atoms with Gasteiger partial charge in [-0.3, -0.25) is 9.59 Å². The SMILES string of the molecule is O=C(CSc1nc2ccccc2s1)Nc1ccc(NC(=O)CSc2nc3ccccc3s2)c(Cl)c1. The zero-order chi connectivity index (χ0) is 24.2. The van der Waals surface area contributed by atoms with Crippen molar-refractivity contribution in [2.45, 2.75) is 8.68 Å². The lowest BCUT2D eigenvalue weighted by atomic mass is 10.2. The minimum Gasteiger partial charge on any atom is -0.325 e.